The van der Waals surface area contributed by atoms with E-state index in [0.29, 0.717) is 12.1 Å². The third kappa shape index (κ3) is 1.94. The molecule has 1 N–H and O–H groups in total. The molecule has 2 fully saturated rings. The van der Waals surface area contributed by atoms with Gasteiger partial charge in [-0.1, -0.05) is 0 Å². The van der Waals surface area contributed by atoms with Gasteiger partial charge in [0.05, 0.1) is 0 Å². The number of rotatable bonds is 2. The predicted octanol–water partition coefficient (Wildman–Crippen LogP) is 1.71. The zero-order valence-electron chi connectivity index (χ0n) is 10.9. The highest BCUT2D eigenvalue weighted by Gasteiger charge is 2.38. The maximum Gasteiger partial charge on any atom is 0.270 e. The van der Waals surface area contributed by atoms with Crippen molar-refractivity contribution in [3.05, 3.63) is 24.0 Å². The summed E-state index contributed by atoms with van der Waals surface area (Å²) in [7, 11) is 2.19. The van der Waals surface area contributed by atoms with Gasteiger partial charge in [0.25, 0.3) is 5.91 Å². The van der Waals surface area contributed by atoms with Gasteiger partial charge in [-0.05, 0) is 51.4 Å². The van der Waals surface area contributed by atoms with Crippen molar-refractivity contribution in [2.75, 3.05) is 20.1 Å². The quantitative estimate of drug-likeness (QED) is 0.864. The molecule has 2 atom stereocenters. The highest BCUT2D eigenvalue weighted by molar-refractivity contribution is 5.92. The molecule has 2 aliphatic rings. The van der Waals surface area contributed by atoms with Crippen molar-refractivity contribution < 1.29 is 4.79 Å². The van der Waals surface area contributed by atoms with E-state index in [2.05, 4.69) is 21.8 Å². The van der Waals surface area contributed by atoms with Gasteiger partial charge in [0, 0.05) is 24.8 Å². The average molecular weight is 247 g/mol. The number of nitrogens with one attached hydrogen (secondary N) is 1. The van der Waals surface area contributed by atoms with Gasteiger partial charge in [0.2, 0.25) is 0 Å². The van der Waals surface area contributed by atoms with Gasteiger partial charge < -0.3 is 14.8 Å². The second-order valence-corrected chi connectivity index (χ2v) is 5.48. The number of H-pyrrole nitrogens is 1. The molecule has 2 unspecified atom stereocenters. The molecule has 3 heterocycles. The number of carbonyl (C=O) groups is 1. The van der Waals surface area contributed by atoms with Crippen molar-refractivity contribution in [3.63, 3.8) is 0 Å². The Labute approximate surface area is 108 Å². The smallest absolute Gasteiger partial charge is 0.270 e. The van der Waals surface area contributed by atoms with Crippen molar-refractivity contribution >= 4 is 5.91 Å². The molecule has 4 nitrogen and oxygen atoms in total. The van der Waals surface area contributed by atoms with Crippen LogP contribution in [0, 0.1) is 0 Å². The van der Waals surface area contributed by atoms with Gasteiger partial charge in [-0.2, -0.15) is 0 Å². The molecule has 1 aromatic rings. The molecule has 3 rings (SSSR count). The largest absolute Gasteiger partial charge is 0.357 e. The fraction of sp³-hybridized carbons (Fsp3) is 0.643. The summed E-state index contributed by atoms with van der Waals surface area (Å²) in [5, 5.41) is 0. The fourth-order valence-corrected chi connectivity index (χ4v) is 3.48. The van der Waals surface area contributed by atoms with Crippen molar-refractivity contribution in [2.45, 2.75) is 37.8 Å². The zero-order chi connectivity index (χ0) is 12.5. The molecular formula is C14H21N3O. The molecule has 0 aliphatic carbocycles. The lowest BCUT2D eigenvalue weighted by Crippen LogP contribution is -2.47. The summed E-state index contributed by atoms with van der Waals surface area (Å²) in [5.74, 6) is 0.169. The number of aromatic amines is 1. The maximum absolute atomic E-state index is 12.5. The van der Waals surface area contributed by atoms with E-state index < -0.39 is 0 Å². The van der Waals surface area contributed by atoms with Crippen molar-refractivity contribution in [1.82, 2.24) is 14.8 Å². The number of hydrogen-bond donors (Lipinski definition) is 1. The summed E-state index contributed by atoms with van der Waals surface area (Å²) in [6, 6.07) is 4.73. The first kappa shape index (κ1) is 11.8. The van der Waals surface area contributed by atoms with Crippen LogP contribution in [0.15, 0.2) is 18.3 Å². The Kier molecular flexibility index (Phi) is 3.12. The van der Waals surface area contributed by atoms with Crippen molar-refractivity contribution in [1.29, 1.82) is 0 Å². The summed E-state index contributed by atoms with van der Waals surface area (Å²) in [6.07, 6.45) is 6.61. The summed E-state index contributed by atoms with van der Waals surface area (Å²) in [6.45, 7) is 2.08. The van der Waals surface area contributed by atoms with Crippen LogP contribution < -0.4 is 0 Å². The van der Waals surface area contributed by atoms with Crippen LogP contribution in [0.5, 0.6) is 0 Å². The highest BCUT2D eigenvalue weighted by atomic mass is 16.2. The van der Waals surface area contributed by atoms with Crippen molar-refractivity contribution in [2.24, 2.45) is 0 Å². The summed E-state index contributed by atoms with van der Waals surface area (Å²) in [5.41, 5.74) is 0.725. The van der Waals surface area contributed by atoms with E-state index in [1.54, 1.807) is 0 Å². The Hall–Kier alpha value is -1.29. The molecule has 1 aromatic heterocycles. The molecule has 0 spiro atoms. The Bertz CT molecular complexity index is 415. The Balaban J connectivity index is 1.77. The van der Waals surface area contributed by atoms with Gasteiger partial charge in [0.15, 0.2) is 0 Å². The van der Waals surface area contributed by atoms with Crippen LogP contribution in [0.25, 0.3) is 0 Å². The second-order valence-electron chi connectivity index (χ2n) is 5.48. The van der Waals surface area contributed by atoms with Gasteiger partial charge in [-0.15, -0.1) is 0 Å². The molecule has 0 radical (unpaired) electrons. The molecule has 18 heavy (non-hydrogen) atoms. The van der Waals surface area contributed by atoms with Crippen LogP contribution in [0.3, 0.4) is 0 Å². The Morgan fingerprint density at radius 2 is 2.06 bits per heavy atom. The molecule has 0 aromatic carbocycles. The minimum atomic E-state index is 0.169. The number of carbonyl (C=O) groups excluding carboxylic acids is 1. The standard InChI is InChI=1S/C14H21N3O/c1-16-9-3-6-12(16)13-7-4-10-17(13)14(18)11-5-2-8-15-11/h2,5,8,12-13,15H,3-4,6-7,9-10H2,1H3. The molecule has 4 heteroatoms. The lowest BCUT2D eigenvalue weighted by molar-refractivity contribution is 0.0659. The van der Waals surface area contributed by atoms with Crippen LogP contribution in [-0.4, -0.2) is 52.9 Å². The number of amides is 1. The fourth-order valence-electron chi connectivity index (χ4n) is 3.48. The lowest BCUT2D eigenvalue weighted by Gasteiger charge is -2.33. The van der Waals surface area contributed by atoms with Gasteiger partial charge >= 0.3 is 0 Å². The first-order chi connectivity index (χ1) is 8.77. The first-order valence-corrected chi connectivity index (χ1v) is 6.92. The third-order valence-electron chi connectivity index (χ3n) is 4.41. The van der Waals surface area contributed by atoms with Gasteiger partial charge in [0.1, 0.15) is 5.69 Å². The third-order valence-corrected chi connectivity index (χ3v) is 4.41. The minimum Gasteiger partial charge on any atom is -0.357 e. The van der Waals surface area contributed by atoms with E-state index in [4.69, 9.17) is 0 Å². The van der Waals surface area contributed by atoms with Crippen molar-refractivity contribution in [3.8, 4) is 0 Å². The zero-order valence-corrected chi connectivity index (χ0v) is 10.9. The number of likely N-dealkylation sites (N-methyl/N-ethyl adjacent to an activating group) is 1. The van der Waals surface area contributed by atoms with Crippen LogP contribution in [-0.2, 0) is 0 Å². The molecule has 0 bridgehead atoms. The average Bonchev–Trinajstić information content (AvgIpc) is 3.09. The predicted molar refractivity (Wildman–Crippen MR) is 70.5 cm³/mol. The summed E-state index contributed by atoms with van der Waals surface area (Å²) < 4.78 is 0. The van der Waals surface area contributed by atoms with E-state index >= 15 is 0 Å². The van der Waals surface area contributed by atoms with E-state index in [1.807, 2.05) is 18.3 Å². The van der Waals surface area contributed by atoms with Crippen LogP contribution in [0.2, 0.25) is 0 Å². The van der Waals surface area contributed by atoms with Crippen LogP contribution in [0.4, 0.5) is 0 Å². The Morgan fingerprint density at radius 3 is 2.72 bits per heavy atom. The highest BCUT2D eigenvalue weighted by Crippen LogP contribution is 2.29. The molecule has 2 aliphatic heterocycles. The summed E-state index contributed by atoms with van der Waals surface area (Å²) in [4.78, 5) is 20.0. The van der Waals surface area contributed by atoms with Crippen LogP contribution in [0.1, 0.15) is 36.2 Å². The number of aromatic nitrogens is 1. The van der Waals surface area contributed by atoms with E-state index in [1.165, 1.54) is 19.4 Å². The monoisotopic (exact) mass is 247 g/mol. The van der Waals surface area contributed by atoms with E-state index in [0.717, 1.165) is 25.1 Å². The second kappa shape index (κ2) is 4.76. The minimum absolute atomic E-state index is 0.169. The number of nitrogens with zero attached hydrogens (tertiary/aromatic N) is 2. The van der Waals surface area contributed by atoms with E-state index in [-0.39, 0.29) is 5.91 Å². The molecule has 2 saturated heterocycles. The van der Waals surface area contributed by atoms with Gasteiger partial charge in [-0.3, -0.25) is 4.79 Å². The summed E-state index contributed by atoms with van der Waals surface area (Å²) >= 11 is 0. The lowest BCUT2D eigenvalue weighted by atomic mass is 10.0. The topological polar surface area (TPSA) is 39.3 Å². The molecule has 1 amide bonds. The van der Waals surface area contributed by atoms with Crippen LogP contribution >= 0.6 is 0 Å². The normalized spacial score (nSPS) is 29.1. The van der Waals surface area contributed by atoms with Gasteiger partial charge in [-0.25, -0.2) is 0 Å². The maximum atomic E-state index is 12.5. The first-order valence-electron chi connectivity index (χ1n) is 6.92. The Morgan fingerprint density at radius 1 is 1.28 bits per heavy atom. The molecule has 98 valence electrons. The molecular weight excluding hydrogens is 226 g/mol. The number of hydrogen-bond acceptors (Lipinski definition) is 2. The number of likely N-dealkylation sites (tertiary alicyclic amines) is 2. The SMILES string of the molecule is CN1CCCC1C1CCCN1C(=O)c1ccc[nH]1. The molecule has 0 saturated carbocycles. The van der Waals surface area contributed by atoms with E-state index in [9.17, 15) is 4.79 Å².